The zero-order valence-corrected chi connectivity index (χ0v) is 19.7. The number of rotatable bonds is 6. The predicted molar refractivity (Wildman–Crippen MR) is 128 cm³/mol. The first-order valence-corrected chi connectivity index (χ1v) is 12.4. The SMILES string of the molecule is CSCCC(C(=O)N1CCN(c2cccc(C)c2C)CC1)N1C(=O)c2ccccc2C1=O. The van der Waals surface area contributed by atoms with Crippen LogP contribution < -0.4 is 4.90 Å². The van der Waals surface area contributed by atoms with E-state index in [1.165, 1.54) is 21.7 Å². The van der Waals surface area contributed by atoms with Gasteiger partial charge in [-0.2, -0.15) is 11.8 Å². The number of aryl methyl sites for hydroxylation is 1. The average molecular weight is 452 g/mol. The van der Waals surface area contributed by atoms with Gasteiger partial charge in [0.2, 0.25) is 5.91 Å². The van der Waals surface area contributed by atoms with Crippen molar-refractivity contribution < 1.29 is 14.4 Å². The van der Waals surface area contributed by atoms with Crippen LogP contribution in [-0.2, 0) is 4.79 Å². The Morgan fingerprint density at radius 2 is 1.56 bits per heavy atom. The minimum Gasteiger partial charge on any atom is -0.368 e. The number of hydrogen-bond acceptors (Lipinski definition) is 5. The summed E-state index contributed by atoms with van der Waals surface area (Å²) in [6, 6.07) is 12.4. The first-order chi connectivity index (χ1) is 15.4. The van der Waals surface area contributed by atoms with Crippen molar-refractivity contribution in [3.8, 4) is 0 Å². The molecule has 2 aromatic carbocycles. The molecule has 2 heterocycles. The molecule has 0 bridgehead atoms. The third-order valence-corrected chi connectivity index (χ3v) is 7.17. The van der Waals surface area contributed by atoms with Crippen LogP contribution in [0.4, 0.5) is 5.69 Å². The van der Waals surface area contributed by atoms with Gasteiger partial charge in [0, 0.05) is 31.9 Å². The van der Waals surface area contributed by atoms with Gasteiger partial charge >= 0.3 is 0 Å². The molecular formula is C25H29N3O3S. The molecule has 0 aliphatic carbocycles. The van der Waals surface area contributed by atoms with E-state index in [9.17, 15) is 14.4 Å². The summed E-state index contributed by atoms with van der Waals surface area (Å²) in [4.78, 5) is 44.9. The monoisotopic (exact) mass is 451 g/mol. The molecule has 2 aliphatic rings. The summed E-state index contributed by atoms with van der Waals surface area (Å²) < 4.78 is 0. The number of hydrogen-bond donors (Lipinski definition) is 0. The van der Waals surface area contributed by atoms with Crippen LogP contribution in [0.25, 0.3) is 0 Å². The van der Waals surface area contributed by atoms with Gasteiger partial charge in [-0.25, -0.2) is 0 Å². The maximum absolute atomic E-state index is 13.5. The summed E-state index contributed by atoms with van der Waals surface area (Å²) >= 11 is 1.61. The van der Waals surface area contributed by atoms with E-state index in [-0.39, 0.29) is 17.7 Å². The molecule has 32 heavy (non-hydrogen) atoms. The third kappa shape index (κ3) is 4.01. The lowest BCUT2D eigenvalue weighted by Crippen LogP contribution is -2.56. The normalized spacial score (nSPS) is 17.0. The van der Waals surface area contributed by atoms with Crippen LogP contribution in [0.5, 0.6) is 0 Å². The second-order valence-electron chi connectivity index (χ2n) is 8.35. The Morgan fingerprint density at radius 1 is 0.938 bits per heavy atom. The van der Waals surface area contributed by atoms with Gasteiger partial charge in [0.1, 0.15) is 6.04 Å². The van der Waals surface area contributed by atoms with Crippen molar-refractivity contribution in [2.24, 2.45) is 0 Å². The second-order valence-corrected chi connectivity index (χ2v) is 9.34. The lowest BCUT2D eigenvalue weighted by atomic mass is 10.1. The van der Waals surface area contributed by atoms with E-state index in [1.54, 1.807) is 36.0 Å². The zero-order chi connectivity index (χ0) is 22.8. The molecule has 3 amide bonds. The van der Waals surface area contributed by atoms with Crippen molar-refractivity contribution in [2.45, 2.75) is 26.3 Å². The molecule has 2 aromatic rings. The number of piperazine rings is 1. The van der Waals surface area contributed by atoms with Crippen molar-refractivity contribution in [1.82, 2.24) is 9.80 Å². The molecule has 6 nitrogen and oxygen atoms in total. The van der Waals surface area contributed by atoms with E-state index in [4.69, 9.17) is 0 Å². The van der Waals surface area contributed by atoms with E-state index < -0.39 is 6.04 Å². The number of benzene rings is 2. The Morgan fingerprint density at radius 3 is 2.16 bits per heavy atom. The highest BCUT2D eigenvalue weighted by Gasteiger charge is 2.43. The van der Waals surface area contributed by atoms with Gasteiger partial charge in [-0.15, -0.1) is 0 Å². The molecular weight excluding hydrogens is 422 g/mol. The van der Waals surface area contributed by atoms with Gasteiger partial charge in [-0.3, -0.25) is 19.3 Å². The van der Waals surface area contributed by atoms with E-state index in [2.05, 4.69) is 36.9 Å². The molecule has 7 heteroatoms. The molecule has 1 atom stereocenters. The minimum atomic E-state index is -0.762. The Kier molecular flexibility index (Phi) is 6.55. The summed E-state index contributed by atoms with van der Waals surface area (Å²) in [6.45, 7) is 6.84. The van der Waals surface area contributed by atoms with Crippen molar-refractivity contribution in [3.63, 3.8) is 0 Å². The molecule has 0 spiro atoms. The minimum absolute atomic E-state index is 0.130. The molecule has 0 aromatic heterocycles. The fraction of sp³-hybridized carbons (Fsp3) is 0.400. The number of fused-ring (bicyclic) bond motifs is 1. The number of imide groups is 1. The Bertz CT molecular complexity index is 1010. The van der Waals surface area contributed by atoms with Crippen LogP contribution in [0.1, 0.15) is 38.3 Å². The van der Waals surface area contributed by atoms with Gasteiger partial charge in [-0.05, 0) is 61.6 Å². The Labute approximate surface area is 193 Å². The molecule has 4 rings (SSSR count). The highest BCUT2D eigenvalue weighted by Crippen LogP contribution is 2.28. The molecule has 0 saturated carbocycles. The van der Waals surface area contributed by atoms with Gasteiger partial charge < -0.3 is 9.80 Å². The maximum Gasteiger partial charge on any atom is 0.262 e. The van der Waals surface area contributed by atoms with Crippen LogP contribution >= 0.6 is 11.8 Å². The highest BCUT2D eigenvalue weighted by molar-refractivity contribution is 7.98. The largest absolute Gasteiger partial charge is 0.368 e. The fourth-order valence-corrected chi connectivity index (χ4v) is 5.00. The van der Waals surface area contributed by atoms with E-state index in [1.807, 2.05) is 11.2 Å². The summed E-state index contributed by atoms with van der Waals surface area (Å²) in [7, 11) is 0. The number of amides is 3. The number of carbonyl (C=O) groups is 3. The predicted octanol–water partition coefficient (Wildman–Crippen LogP) is 3.37. The zero-order valence-electron chi connectivity index (χ0n) is 18.8. The average Bonchev–Trinajstić information content (AvgIpc) is 3.06. The van der Waals surface area contributed by atoms with Gasteiger partial charge in [0.05, 0.1) is 11.1 Å². The van der Waals surface area contributed by atoms with Crippen LogP contribution in [0, 0.1) is 13.8 Å². The summed E-state index contributed by atoms with van der Waals surface area (Å²) in [5.74, 6) is -0.154. The first kappa shape index (κ1) is 22.4. The molecule has 1 fully saturated rings. The number of anilines is 1. The van der Waals surface area contributed by atoms with Crippen molar-refractivity contribution in [2.75, 3.05) is 43.1 Å². The number of carbonyl (C=O) groups excluding carboxylic acids is 3. The topological polar surface area (TPSA) is 60.9 Å². The molecule has 168 valence electrons. The lowest BCUT2D eigenvalue weighted by molar-refractivity contribution is -0.135. The van der Waals surface area contributed by atoms with E-state index in [0.717, 1.165) is 13.1 Å². The number of thioether (sulfide) groups is 1. The van der Waals surface area contributed by atoms with Crippen molar-refractivity contribution >= 4 is 35.2 Å². The van der Waals surface area contributed by atoms with Crippen LogP contribution in [0.15, 0.2) is 42.5 Å². The van der Waals surface area contributed by atoms with Gasteiger partial charge in [0.25, 0.3) is 11.8 Å². The van der Waals surface area contributed by atoms with Crippen LogP contribution in [0.3, 0.4) is 0 Å². The fourth-order valence-electron chi connectivity index (χ4n) is 4.54. The summed E-state index contributed by atoms with van der Waals surface area (Å²) in [6.07, 6.45) is 2.43. The van der Waals surface area contributed by atoms with Crippen LogP contribution in [0.2, 0.25) is 0 Å². The molecule has 2 aliphatic heterocycles. The van der Waals surface area contributed by atoms with Gasteiger partial charge in [0.15, 0.2) is 0 Å². The third-order valence-electron chi connectivity index (χ3n) is 6.53. The lowest BCUT2D eigenvalue weighted by Gasteiger charge is -2.39. The Balaban J connectivity index is 1.51. The van der Waals surface area contributed by atoms with Crippen molar-refractivity contribution in [3.05, 3.63) is 64.7 Å². The summed E-state index contributed by atoms with van der Waals surface area (Å²) in [5, 5.41) is 0. The molecule has 0 radical (unpaired) electrons. The standard InChI is InChI=1S/C25H29N3O3S/c1-17-7-6-10-21(18(17)2)26-12-14-27(15-13-26)25(31)22(11-16-32-3)28-23(29)19-8-4-5-9-20(19)24(28)30/h4-10,22H,11-16H2,1-3H3. The molecule has 1 saturated heterocycles. The smallest absolute Gasteiger partial charge is 0.262 e. The van der Waals surface area contributed by atoms with E-state index in [0.29, 0.717) is 36.4 Å². The van der Waals surface area contributed by atoms with Gasteiger partial charge in [-0.1, -0.05) is 24.3 Å². The Hall–Kier alpha value is -2.80. The van der Waals surface area contributed by atoms with Crippen LogP contribution in [-0.4, -0.2) is 71.8 Å². The second kappa shape index (κ2) is 9.36. The number of nitrogens with zero attached hydrogens (tertiary/aromatic N) is 3. The maximum atomic E-state index is 13.5. The highest BCUT2D eigenvalue weighted by atomic mass is 32.2. The quantitative estimate of drug-likeness (QED) is 0.631. The van der Waals surface area contributed by atoms with Crippen molar-refractivity contribution in [1.29, 1.82) is 0 Å². The van der Waals surface area contributed by atoms with E-state index >= 15 is 0 Å². The molecule has 1 unspecified atom stereocenters. The first-order valence-electron chi connectivity index (χ1n) is 11.0. The summed E-state index contributed by atoms with van der Waals surface area (Å²) in [5.41, 5.74) is 4.50. The molecule has 0 N–H and O–H groups in total.